The first-order valence-corrected chi connectivity index (χ1v) is 8.29. The minimum Gasteiger partial charge on any atom is -0.492 e. The summed E-state index contributed by atoms with van der Waals surface area (Å²) in [6.07, 6.45) is 0. The van der Waals surface area contributed by atoms with Crippen LogP contribution in [0.3, 0.4) is 0 Å². The first-order chi connectivity index (χ1) is 13.0. The van der Waals surface area contributed by atoms with Crippen molar-refractivity contribution in [3.63, 3.8) is 0 Å². The number of imidazole rings is 1. The van der Waals surface area contributed by atoms with E-state index in [1.54, 1.807) is 6.92 Å². The molecule has 1 aromatic carbocycles. The Morgan fingerprint density at radius 1 is 1.07 bits per heavy atom. The average Bonchev–Trinajstić information content (AvgIpc) is 2.98. The third kappa shape index (κ3) is 3.20. The van der Waals surface area contributed by atoms with Gasteiger partial charge >= 0.3 is 0 Å². The Hall–Kier alpha value is -3.81. The molecule has 0 spiro atoms. The number of carbonyl (C=O) groups is 1. The maximum atomic E-state index is 12.8. The third-order valence-electron chi connectivity index (χ3n) is 4.07. The number of carbonyl (C=O) groups excluding carboxylic acids is 1. The Kier molecular flexibility index (Phi) is 4.00. The molecule has 8 nitrogen and oxygen atoms in total. The number of nitrogens with one attached hydrogen (secondary N) is 1. The highest BCUT2D eigenvalue weighted by atomic mass is 16.3. The second kappa shape index (κ2) is 6.49. The van der Waals surface area contributed by atoms with E-state index in [1.807, 2.05) is 43.3 Å². The Labute approximate surface area is 154 Å². The van der Waals surface area contributed by atoms with Crippen molar-refractivity contribution < 1.29 is 9.90 Å². The molecule has 4 aromatic rings. The summed E-state index contributed by atoms with van der Waals surface area (Å²) in [6, 6.07) is 14.5. The molecule has 2 N–H and O–H groups in total. The quantitative estimate of drug-likeness (QED) is 0.582. The number of nitrogens with zero attached hydrogens (tertiary/aromatic N) is 5. The van der Waals surface area contributed by atoms with Crippen molar-refractivity contribution in [2.75, 3.05) is 5.32 Å². The van der Waals surface area contributed by atoms with Crippen molar-refractivity contribution in [2.45, 2.75) is 13.8 Å². The number of amides is 1. The van der Waals surface area contributed by atoms with Crippen LogP contribution in [0.15, 0.2) is 48.5 Å². The zero-order chi connectivity index (χ0) is 19.0. The van der Waals surface area contributed by atoms with Crippen LogP contribution in [0.2, 0.25) is 0 Å². The van der Waals surface area contributed by atoms with E-state index in [-0.39, 0.29) is 11.7 Å². The fourth-order valence-electron chi connectivity index (χ4n) is 2.83. The second-order valence-electron chi connectivity index (χ2n) is 6.13. The van der Waals surface area contributed by atoms with Gasteiger partial charge in [0.1, 0.15) is 0 Å². The lowest BCUT2D eigenvalue weighted by Gasteiger charge is -2.06. The van der Waals surface area contributed by atoms with Crippen LogP contribution in [-0.4, -0.2) is 35.8 Å². The Bertz CT molecular complexity index is 1150. The van der Waals surface area contributed by atoms with Gasteiger partial charge in [-0.05, 0) is 38.1 Å². The summed E-state index contributed by atoms with van der Waals surface area (Å²) < 4.78 is 1.52. The maximum Gasteiger partial charge on any atom is 0.277 e. The molecule has 0 bridgehead atoms. The molecule has 1 amide bonds. The minimum absolute atomic E-state index is 0.219. The number of fused-ring (bicyclic) bond motifs is 1. The Morgan fingerprint density at radius 3 is 2.67 bits per heavy atom. The fourth-order valence-corrected chi connectivity index (χ4v) is 2.83. The molecule has 27 heavy (non-hydrogen) atoms. The minimum atomic E-state index is -0.408. The van der Waals surface area contributed by atoms with Gasteiger partial charge < -0.3 is 10.4 Å². The lowest BCUT2D eigenvalue weighted by Crippen LogP contribution is -2.17. The van der Waals surface area contributed by atoms with Crippen LogP contribution in [0.4, 0.5) is 5.82 Å². The molecule has 8 heteroatoms. The molecule has 0 saturated heterocycles. The smallest absolute Gasteiger partial charge is 0.277 e. The molecule has 0 aliphatic heterocycles. The number of hydrogen-bond acceptors (Lipinski definition) is 6. The van der Waals surface area contributed by atoms with E-state index < -0.39 is 5.91 Å². The summed E-state index contributed by atoms with van der Waals surface area (Å²) in [5, 5.41) is 23.7. The van der Waals surface area contributed by atoms with Crippen molar-refractivity contribution in [1.82, 2.24) is 24.8 Å². The molecular formula is C19H16N6O2. The van der Waals surface area contributed by atoms with E-state index >= 15 is 0 Å². The van der Waals surface area contributed by atoms with Crippen LogP contribution in [0.1, 0.15) is 21.7 Å². The SMILES string of the molecule is Cc1cccc(-c2ccc3nc(C)c(C(=O)Nc4ccc(O)nn4)n3n2)c1. The van der Waals surface area contributed by atoms with Gasteiger partial charge in [-0.3, -0.25) is 4.79 Å². The molecule has 0 unspecified atom stereocenters. The summed E-state index contributed by atoms with van der Waals surface area (Å²) in [5.41, 5.74) is 4.26. The molecule has 0 fully saturated rings. The summed E-state index contributed by atoms with van der Waals surface area (Å²) in [5.74, 6) is -0.403. The van der Waals surface area contributed by atoms with Crippen LogP contribution < -0.4 is 5.32 Å². The fraction of sp³-hybridized carbons (Fsp3) is 0.105. The second-order valence-corrected chi connectivity index (χ2v) is 6.13. The topological polar surface area (TPSA) is 105 Å². The number of aryl methyl sites for hydroxylation is 2. The van der Waals surface area contributed by atoms with Crippen LogP contribution in [0, 0.1) is 13.8 Å². The summed E-state index contributed by atoms with van der Waals surface area (Å²) >= 11 is 0. The molecule has 3 aromatic heterocycles. The molecule has 134 valence electrons. The van der Waals surface area contributed by atoms with Crippen molar-refractivity contribution in [3.05, 3.63) is 65.5 Å². The number of hydrogen-bond donors (Lipinski definition) is 2. The van der Waals surface area contributed by atoms with Crippen LogP contribution in [0.25, 0.3) is 16.9 Å². The van der Waals surface area contributed by atoms with Gasteiger partial charge in [0.05, 0.1) is 11.4 Å². The predicted octanol–water partition coefficient (Wildman–Crippen LogP) is 2.76. The zero-order valence-corrected chi connectivity index (χ0v) is 14.7. The highest BCUT2D eigenvalue weighted by molar-refractivity contribution is 6.03. The first kappa shape index (κ1) is 16.6. The van der Waals surface area contributed by atoms with Crippen molar-refractivity contribution >= 4 is 17.4 Å². The van der Waals surface area contributed by atoms with E-state index in [2.05, 4.69) is 25.6 Å². The van der Waals surface area contributed by atoms with Gasteiger partial charge in [0.25, 0.3) is 5.91 Å². The number of aromatic nitrogens is 5. The van der Waals surface area contributed by atoms with Crippen LogP contribution >= 0.6 is 0 Å². The van der Waals surface area contributed by atoms with Crippen LogP contribution in [-0.2, 0) is 0 Å². The lowest BCUT2D eigenvalue weighted by molar-refractivity contribution is 0.101. The zero-order valence-electron chi connectivity index (χ0n) is 14.7. The van der Waals surface area contributed by atoms with E-state index in [0.717, 1.165) is 16.8 Å². The third-order valence-corrected chi connectivity index (χ3v) is 4.07. The van der Waals surface area contributed by atoms with Gasteiger partial charge in [0.2, 0.25) is 5.88 Å². The molecular weight excluding hydrogens is 344 g/mol. The molecule has 0 radical (unpaired) electrons. The largest absolute Gasteiger partial charge is 0.492 e. The van der Waals surface area contributed by atoms with Crippen molar-refractivity contribution in [3.8, 4) is 17.1 Å². The molecule has 0 aliphatic rings. The number of anilines is 1. The molecule has 3 heterocycles. The standard InChI is InChI=1S/C19H16N6O2/c1-11-4-3-5-13(10-11)14-6-8-16-20-12(2)18(25(16)24-14)19(27)21-15-7-9-17(26)23-22-15/h3-10H,1-2H3,(H,23,26)(H,21,22,27). The summed E-state index contributed by atoms with van der Waals surface area (Å²) in [4.78, 5) is 17.2. The van der Waals surface area contributed by atoms with Gasteiger partial charge in [-0.1, -0.05) is 23.8 Å². The summed E-state index contributed by atoms with van der Waals surface area (Å²) in [6.45, 7) is 3.76. The monoisotopic (exact) mass is 360 g/mol. The van der Waals surface area contributed by atoms with Gasteiger partial charge in [-0.25, -0.2) is 9.50 Å². The number of aromatic hydroxyl groups is 1. The van der Waals surface area contributed by atoms with E-state index in [1.165, 1.54) is 16.6 Å². The van der Waals surface area contributed by atoms with Crippen molar-refractivity contribution in [2.24, 2.45) is 0 Å². The van der Waals surface area contributed by atoms with E-state index in [0.29, 0.717) is 17.0 Å². The Balaban J connectivity index is 1.75. The van der Waals surface area contributed by atoms with Gasteiger partial charge in [0, 0.05) is 11.6 Å². The van der Waals surface area contributed by atoms with Gasteiger partial charge in [-0.2, -0.15) is 5.10 Å². The Morgan fingerprint density at radius 2 is 1.93 bits per heavy atom. The van der Waals surface area contributed by atoms with Gasteiger partial charge in [0.15, 0.2) is 17.2 Å². The lowest BCUT2D eigenvalue weighted by atomic mass is 10.1. The van der Waals surface area contributed by atoms with Crippen molar-refractivity contribution in [1.29, 1.82) is 0 Å². The number of rotatable bonds is 3. The average molecular weight is 360 g/mol. The summed E-state index contributed by atoms with van der Waals surface area (Å²) in [7, 11) is 0. The molecule has 0 aliphatic carbocycles. The number of benzene rings is 1. The van der Waals surface area contributed by atoms with E-state index in [9.17, 15) is 9.90 Å². The van der Waals surface area contributed by atoms with E-state index in [4.69, 9.17) is 0 Å². The highest BCUT2D eigenvalue weighted by Crippen LogP contribution is 2.20. The maximum absolute atomic E-state index is 12.8. The molecule has 0 saturated carbocycles. The predicted molar refractivity (Wildman–Crippen MR) is 99.5 cm³/mol. The first-order valence-electron chi connectivity index (χ1n) is 8.29. The molecule has 4 rings (SSSR count). The van der Waals surface area contributed by atoms with Crippen LogP contribution in [0.5, 0.6) is 5.88 Å². The normalized spacial score (nSPS) is 10.9. The molecule has 0 atom stereocenters. The highest BCUT2D eigenvalue weighted by Gasteiger charge is 2.19. The van der Waals surface area contributed by atoms with Gasteiger partial charge in [-0.15, -0.1) is 10.2 Å².